The monoisotopic (exact) mass is 409 g/mol. The third-order valence-corrected chi connectivity index (χ3v) is 7.16. The number of methoxy groups -OCH3 is 1. The fourth-order valence-electron chi connectivity index (χ4n) is 5.62. The fourth-order valence-corrected chi connectivity index (χ4v) is 5.62. The molecule has 1 aliphatic carbocycles. The number of ether oxygens (including phenoxy) is 1. The molecule has 2 saturated heterocycles. The number of hydrogen-bond acceptors (Lipinski definition) is 5. The van der Waals surface area contributed by atoms with Crippen LogP contribution in [0.4, 0.5) is 0 Å². The van der Waals surface area contributed by atoms with Crippen molar-refractivity contribution in [2.24, 2.45) is 5.41 Å². The van der Waals surface area contributed by atoms with Crippen LogP contribution < -0.4 is 4.74 Å². The molecule has 2 aliphatic heterocycles. The number of fused-ring (bicyclic) bond motifs is 1. The van der Waals surface area contributed by atoms with Gasteiger partial charge in [-0.3, -0.25) is 9.69 Å². The molecule has 0 saturated carbocycles. The van der Waals surface area contributed by atoms with Crippen LogP contribution in [0.2, 0.25) is 0 Å². The van der Waals surface area contributed by atoms with Gasteiger partial charge in [0.1, 0.15) is 5.75 Å². The number of piperidine rings is 1. The Hall–Kier alpha value is -2.34. The van der Waals surface area contributed by atoms with E-state index in [2.05, 4.69) is 28.3 Å². The van der Waals surface area contributed by atoms with Crippen molar-refractivity contribution in [1.82, 2.24) is 15.0 Å². The molecule has 3 aliphatic rings. The number of benzene rings is 1. The predicted octanol–water partition coefficient (Wildman–Crippen LogP) is 3.69. The predicted molar refractivity (Wildman–Crippen MR) is 114 cm³/mol. The van der Waals surface area contributed by atoms with Crippen LogP contribution >= 0.6 is 0 Å². The first-order valence-corrected chi connectivity index (χ1v) is 11.3. The smallest absolute Gasteiger partial charge is 0.292 e. The van der Waals surface area contributed by atoms with Gasteiger partial charge in [0.05, 0.1) is 12.8 Å². The van der Waals surface area contributed by atoms with Crippen LogP contribution in [-0.2, 0) is 19.4 Å². The van der Waals surface area contributed by atoms with E-state index in [1.165, 1.54) is 18.4 Å². The Morgan fingerprint density at radius 2 is 2.07 bits per heavy atom. The minimum Gasteiger partial charge on any atom is -0.497 e. The average Bonchev–Trinajstić information content (AvgIpc) is 3.38. The van der Waals surface area contributed by atoms with E-state index < -0.39 is 0 Å². The number of rotatable bonds is 4. The summed E-state index contributed by atoms with van der Waals surface area (Å²) >= 11 is 0. The normalized spacial score (nSPS) is 24.2. The molecule has 0 N–H and O–H groups in total. The molecule has 1 spiro atoms. The summed E-state index contributed by atoms with van der Waals surface area (Å²) in [6.07, 6.45) is 7.58. The van der Waals surface area contributed by atoms with Gasteiger partial charge in [0.2, 0.25) is 5.76 Å². The van der Waals surface area contributed by atoms with E-state index in [9.17, 15) is 4.79 Å². The van der Waals surface area contributed by atoms with Crippen molar-refractivity contribution in [3.8, 4) is 5.75 Å². The number of nitrogens with zero attached hydrogens (tertiary/aromatic N) is 3. The molecule has 30 heavy (non-hydrogen) atoms. The lowest BCUT2D eigenvalue weighted by atomic mass is 9.79. The Kier molecular flexibility index (Phi) is 5.27. The number of aryl methyl sites for hydroxylation is 1. The highest BCUT2D eigenvalue weighted by Gasteiger charge is 2.44. The molecule has 0 radical (unpaired) electrons. The molecule has 1 aromatic heterocycles. The quantitative estimate of drug-likeness (QED) is 0.771. The lowest BCUT2D eigenvalue weighted by molar-refractivity contribution is 0.0642. The molecule has 3 heterocycles. The third kappa shape index (κ3) is 3.73. The second-order valence-corrected chi connectivity index (χ2v) is 9.29. The zero-order valence-corrected chi connectivity index (χ0v) is 17.9. The molecular formula is C24H31N3O3. The van der Waals surface area contributed by atoms with Gasteiger partial charge in [0, 0.05) is 37.2 Å². The Morgan fingerprint density at radius 3 is 2.97 bits per heavy atom. The molecule has 1 aromatic carbocycles. The van der Waals surface area contributed by atoms with Crippen molar-refractivity contribution in [3.63, 3.8) is 0 Å². The molecule has 6 nitrogen and oxygen atoms in total. The fraction of sp³-hybridized carbons (Fsp3) is 0.583. The summed E-state index contributed by atoms with van der Waals surface area (Å²) in [6, 6.07) is 8.34. The van der Waals surface area contributed by atoms with Crippen LogP contribution in [0.25, 0.3) is 0 Å². The van der Waals surface area contributed by atoms with E-state index in [1.807, 2.05) is 11.0 Å². The summed E-state index contributed by atoms with van der Waals surface area (Å²) < 4.78 is 10.9. The average molecular weight is 410 g/mol. The largest absolute Gasteiger partial charge is 0.497 e. The molecule has 160 valence electrons. The Labute approximate surface area is 178 Å². The van der Waals surface area contributed by atoms with Crippen LogP contribution in [0.1, 0.15) is 59.5 Å². The standard InChI is InChI=1S/C24H31N3O3/c1-29-19-7-4-6-18(14-19)15-26-12-5-10-24(16-26)11-13-27(17-24)23(28)22-20-8-2-3-9-21(20)25-30-22/h4,6-7,14H,2-3,5,8-13,15-17H2,1H3/t24-/m0/s1. The van der Waals surface area contributed by atoms with Gasteiger partial charge in [-0.1, -0.05) is 17.3 Å². The Morgan fingerprint density at radius 1 is 1.17 bits per heavy atom. The second kappa shape index (κ2) is 8.06. The minimum absolute atomic E-state index is 0.0486. The highest BCUT2D eigenvalue weighted by atomic mass is 16.5. The molecule has 0 bridgehead atoms. The zero-order valence-electron chi connectivity index (χ0n) is 17.9. The van der Waals surface area contributed by atoms with Gasteiger partial charge in [0.25, 0.3) is 5.91 Å². The van der Waals surface area contributed by atoms with Gasteiger partial charge in [-0.05, 0) is 69.2 Å². The number of hydrogen-bond donors (Lipinski definition) is 0. The molecule has 2 aromatic rings. The molecule has 1 amide bonds. The van der Waals surface area contributed by atoms with Gasteiger partial charge in [-0.25, -0.2) is 0 Å². The number of carbonyl (C=O) groups excluding carboxylic acids is 1. The van der Waals surface area contributed by atoms with E-state index in [0.29, 0.717) is 5.76 Å². The van der Waals surface area contributed by atoms with Crippen LogP contribution in [-0.4, -0.2) is 54.2 Å². The van der Waals surface area contributed by atoms with Crippen LogP contribution in [0.5, 0.6) is 5.75 Å². The SMILES string of the molecule is COc1cccc(CN2CCC[C@]3(CCN(C(=O)c4onc5c4CCCC5)C3)C2)c1. The maximum absolute atomic E-state index is 13.2. The van der Waals surface area contributed by atoms with Crippen molar-refractivity contribution in [2.75, 3.05) is 33.3 Å². The van der Waals surface area contributed by atoms with Crippen LogP contribution in [0.15, 0.2) is 28.8 Å². The van der Waals surface area contributed by atoms with Gasteiger partial charge in [-0.2, -0.15) is 0 Å². The molecule has 2 fully saturated rings. The van der Waals surface area contributed by atoms with Crippen molar-refractivity contribution in [3.05, 3.63) is 46.8 Å². The van der Waals surface area contributed by atoms with Gasteiger partial charge in [-0.15, -0.1) is 0 Å². The Bertz CT molecular complexity index is 924. The van der Waals surface area contributed by atoms with Crippen molar-refractivity contribution in [1.29, 1.82) is 0 Å². The summed E-state index contributed by atoms with van der Waals surface area (Å²) in [5.74, 6) is 1.46. The van der Waals surface area contributed by atoms with E-state index in [0.717, 1.165) is 81.8 Å². The lowest BCUT2D eigenvalue weighted by Gasteiger charge is -2.40. The molecule has 0 unspecified atom stereocenters. The number of amides is 1. The van der Waals surface area contributed by atoms with Crippen molar-refractivity contribution >= 4 is 5.91 Å². The molecule has 1 atom stereocenters. The summed E-state index contributed by atoms with van der Waals surface area (Å²) in [6.45, 7) is 4.74. The first-order chi connectivity index (χ1) is 14.7. The molecule has 6 heteroatoms. The summed E-state index contributed by atoms with van der Waals surface area (Å²) in [7, 11) is 1.71. The summed E-state index contributed by atoms with van der Waals surface area (Å²) in [5.41, 5.74) is 3.55. The maximum Gasteiger partial charge on any atom is 0.292 e. The Balaban J connectivity index is 1.26. The van der Waals surface area contributed by atoms with Crippen molar-refractivity contribution < 1.29 is 14.1 Å². The summed E-state index contributed by atoms with van der Waals surface area (Å²) in [5, 5.41) is 4.19. The lowest BCUT2D eigenvalue weighted by Crippen LogP contribution is -2.45. The highest BCUT2D eigenvalue weighted by molar-refractivity contribution is 5.93. The van der Waals surface area contributed by atoms with Crippen LogP contribution in [0, 0.1) is 5.41 Å². The third-order valence-electron chi connectivity index (χ3n) is 7.16. The second-order valence-electron chi connectivity index (χ2n) is 9.29. The zero-order chi connectivity index (χ0) is 20.6. The van der Waals surface area contributed by atoms with Crippen molar-refractivity contribution in [2.45, 2.75) is 51.5 Å². The van der Waals surface area contributed by atoms with E-state index >= 15 is 0 Å². The van der Waals surface area contributed by atoms with Crippen LogP contribution in [0.3, 0.4) is 0 Å². The highest BCUT2D eigenvalue weighted by Crippen LogP contribution is 2.40. The van der Waals surface area contributed by atoms with E-state index in [1.54, 1.807) is 7.11 Å². The van der Waals surface area contributed by atoms with E-state index in [4.69, 9.17) is 9.26 Å². The summed E-state index contributed by atoms with van der Waals surface area (Å²) in [4.78, 5) is 17.8. The first-order valence-electron chi connectivity index (χ1n) is 11.3. The van der Waals surface area contributed by atoms with Gasteiger partial charge in [0.15, 0.2) is 0 Å². The van der Waals surface area contributed by atoms with Gasteiger partial charge >= 0.3 is 0 Å². The van der Waals surface area contributed by atoms with Gasteiger partial charge < -0.3 is 14.2 Å². The number of likely N-dealkylation sites (tertiary alicyclic amines) is 2. The number of carbonyl (C=O) groups is 1. The minimum atomic E-state index is 0.0486. The molecular weight excluding hydrogens is 378 g/mol. The maximum atomic E-state index is 13.2. The van der Waals surface area contributed by atoms with E-state index in [-0.39, 0.29) is 11.3 Å². The molecule has 5 rings (SSSR count). The number of aromatic nitrogens is 1. The topological polar surface area (TPSA) is 58.8 Å². The first kappa shape index (κ1) is 19.6.